The molecule has 5 heteroatoms. The molecule has 0 bridgehead atoms. The molecular weight excluding hydrogens is 422 g/mol. The molecule has 0 fully saturated rings. The average molecular weight is 456 g/mol. The highest BCUT2D eigenvalue weighted by atomic mass is 16.5. The first kappa shape index (κ1) is 23.6. The summed E-state index contributed by atoms with van der Waals surface area (Å²) in [6.45, 7) is 7.62. The predicted octanol–water partition coefficient (Wildman–Crippen LogP) is 6.06. The maximum atomic E-state index is 11.6. The van der Waals surface area contributed by atoms with E-state index in [0.717, 1.165) is 55.7 Å². The third kappa shape index (κ3) is 6.04. The Morgan fingerprint density at radius 3 is 2.62 bits per heavy atom. The number of carbonyl (C=O) groups excluding carboxylic acids is 1. The first-order valence-electron chi connectivity index (χ1n) is 12.1. The van der Waals surface area contributed by atoms with Gasteiger partial charge in [-0.15, -0.1) is 0 Å². The summed E-state index contributed by atoms with van der Waals surface area (Å²) < 4.78 is 8.39. The minimum atomic E-state index is -0.0623. The molecule has 0 aliphatic heterocycles. The third-order valence-electron chi connectivity index (χ3n) is 6.00. The summed E-state index contributed by atoms with van der Waals surface area (Å²) in [4.78, 5) is 16.5. The Morgan fingerprint density at radius 1 is 0.971 bits per heavy atom. The van der Waals surface area contributed by atoms with Crippen molar-refractivity contribution in [3.63, 3.8) is 0 Å². The number of fused-ring (bicyclic) bond motifs is 2. The first-order valence-corrected chi connectivity index (χ1v) is 12.1. The van der Waals surface area contributed by atoms with Gasteiger partial charge in [0.1, 0.15) is 11.6 Å². The highest BCUT2D eigenvalue weighted by molar-refractivity contribution is 5.92. The van der Waals surface area contributed by atoms with Crippen LogP contribution in [0.15, 0.2) is 78.9 Å². The van der Waals surface area contributed by atoms with E-state index in [-0.39, 0.29) is 5.91 Å². The van der Waals surface area contributed by atoms with Crippen molar-refractivity contribution in [3.05, 3.63) is 84.7 Å². The van der Waals surface area contributed by atoms with Gasteiger partial charge < -0.3 is 14.6 Å². The van der Waals surface area contributed by atoms with Gasteiger partial charge in [-0.05, 0) is 61.2 Å². The predicted molar refractivity (Wildman–Crippen MR) is 139 cm³/mol. The topological polar surface area (TPSA) is 56.2 Å². The lowest BCUT2D eigenvalue weighted by Gasteiger charge is -2.11. The van der Waals surface area contributed by atoms with E-state index in [4.69, 9.17) is 9.72 Å². The van der Waals surface area contributed by atoms with Crippen molar-refractivity contribution in [2.75, 3.05) is 13.2 Å². The monoisotopic (exact) mass is 455 g/mol. The van der Waals surface area contributed by atoms with Gasteiger partial charge in [0.2, 0.25) is 5.91 Å². The van der Waals surface area contributed by atoms with E-state index in [0.29, 0.717) is 18.7 Å². The van der Waals surface area contributed by atoms with Gasteiger partial charge in [-0.2, -0.15) is 0 Å². The lowest BCUT2D eigenvalue weighted by Crippen LogP contribution is -2.24. The fourth-order valence-electron chi connectivity index (χ4n) is 4.17. The number of para-hydroxylation sites is 2. The van der Waals surface area contributed by atoms with E-state index in [1.165, 1.54) is 16.3 Å². The smallest absolute Gasteiger partial charge is 0.246 e. The highest BCUT2D eigenvalue weighted by Crippen LogP contribution is 2.21. The zero-order chi connectivity index (χ0) is 23.8. The molecule has 34 heavy (non-hydrogen) atoms. The number of carbonyl (C=O) groups is 1. The number of ether oxygens (including phenoxy) is 1. The molecule has 0 radical (unpaired) electrons. The van der Waals surface area contributed by atoms with Gasteiger partial charge >= 0.3 is 0 Å². The maximum Gasteiger partial charge on any atom is 0.246 e. The van der Waals surface area contributed by atoms with Gasteiger partial charge in [0.15, 0.2) is 0 Å². The molecule has 4 aromatic rings. The number of hydrogen-bond acceptors (Lipinski definition) is 3. The van der Waals surface area contributed by atoms with E-state index >= 15 is 0 Å². The van der Waals surface area contributed by atoms with Crippen LogP contribution in [0.5, 0.6) is 5.75 Å². The molecule has 0 aliphatic carbocycles. The van der Waals surface area contributed by atoms with Gasteiger partial charge in [-0.3, -0.25) is 4.79 Å². The number of aromatic nitrogens is 2. The standard InChI is InChI=1S/C29H33N3O2/c1-22(2)29(33)30-18-9-3-4-15-28-31-26-13-7-8-14-27(26)32(28)19-10-20-34-25-17-16-23-11-5-6-12-24(23)21-25/h5-8,11-14,16-17,21H,1,3-4,9-10,15,18-20H2,2H3,(H,30,33). The molecule has 0 unspecified atom stereocenters. The number of unbranched alkanes of at least 4 members (excludes halogenated alkanes) is 2. The lowest BCUT2D eigenvalue weighted by molar-refractivity contribution is -0.117. The average Bonchev–Trinajstić information content (AvgIpc) is 3.21. The minimum Gasteiger partial charge on any atom is -0.494 e. The fourth-order valence-corrected chi connectivity index (χ4v) is 4.17. The summed E-state index contributed by atoms with van der Waals surface area (Å²) in [5, 5.41) is 5.32. The van der Waals surface area contributed by atoms with E-state index in [1.807, 2.05) is 12.1 Å². The van der Waals surface area contributed by atoms with Crippen molar-refractivity contribution in [2.45, 2.75) is 45.6 Å². The summed E-state index contributed by atoms with van der Waals surface area (Å²) in [6, 6.07) is 22.9. The summed E-state index contributed by atoms with van der Waals surface area (Å²) in [5.41, 5.74) is 2.77. The molecule has 0 saturated carbocycles. The number of nitrogens with one attached hydrogen (secondary N) is 1. The molecule has 0 saturated heterocycles. The van der Waals surface area contributed by atoms with Gasteiger partial charge in [0, 0.05) is 25.1 Å². The van der Waals surface area contributed by atoms with Crippen LogP contribution >= 0.6 is 0 Å². The van der Waals surface area contributed by atoms with Crippen molar-refractivity contribution >= 4 is 27.7 Å². The van der Waals surface area contributed by atoms with Crippen LogP contribution in [0.2, 0.25) is 0 Å². The number of benzene rings is 3. The van der Waals surface area contributed by atoms with Gasteiger partial charge in [0.25, 0.3) is 0 Å². The number of aryl methyl sites for hydroxylation is 2. The largest absolute Gasteiger partial charge is 0.494 e. The van der Waals surface area contributed by atoms with Crippen molar-refractivity contribution in [1.29, 1.82) is 0 Å². The minimum absolute atomic E-state index is 0.0623. The first-order chi connectivity index (χ1) is 16.6. The van der Waals surface area contributed by atoms with Crippen molar-refractivity contribution in [2.24, 2.45) is 0 Å². The fraction of sp³-hybridized carbons (Fsp3) is 0.310. The lowest BCUT2D eigenvalue weighted by atomic mass is 10.1. The molecule has 0 aliphatic rings. The van der Waals surface area contributed by atoms with E-state index < -0.39 is 0 Å². The quantitative estimate of drug-likeness (QED) is 0.209. The highest BCUT2D eigenvalue weighted by Gasteiger charge is 2.10. The van der Waals surface area contributed by atoms with Crippen molar-refractivity contribution in [3.8, 4) is 5.75 Å². The van der Waals surface area contributed by atoms with E-state index in [2.05, 4.69) is 71.1 Å². The van der Waals surface area contributed by atoms with Crippen LogP contribution in [-0.2, 0) is 17.8 Å². The summed E-state index contributed by atoms with van der Waals surface area (Å²) in [5.74, 6) is 1.97. The van der Waals surface area contributed by atoms with Crippen LogP contribution in [0.25, 0.3) is 21.8 Å². The molecule has 0 spiro atoms. The Labute approximate surface area is 201 Å². The van der Waals surface area contributed by atoms with Crippen LogP contribution in [0.1, 0.15) is 38.4 Å². The van der Waals surface area contributed by atoms with Crippen LogP contribution in [0, 0.1) is 0 Å². The summed E-state index contributed by atoms with van der Waals surface area (Å²) in [6.07, 6.45) is 4.88. The zero-order valence-corrected chi connectivity index (χ0v) is 19.9. The van der Waals surface area contributed by atoms with Crippen molar-refractivity contribution in [1.82, 2.24) is 14.9 Å². The normalized spacial score (nSPS) is 11.1. The number of hydrogen-bond donors (Lipinski definition) is 1. The molecule has 1 amide bonds. The van der Waals surface area contributed by atoms with Gasteiger partial charge in [-0.1, -0.05) is 55.5 Å². The molecule has 0 atom stereocenters. The second kappa shape index (κ2) is 11.5. The molecule has 1 N–H and O–H groups in total. The summed E-state index contributed by atoms with van der Waals surface area (Å²) >= 11 is 0. The zero-order valence-electron chi connectivity index (χ0n) is 19.9. The molecule has 1 heterocycles. The van der Waals surface area contributed by atoms with Crippen LogP contribution in [0.4, 0.5) is 0 Å². The van der Waals surface area contributed by atoms with E-state index in [9.17, 15) is 4.79 Å². The Bertz CT molecular complexity index is 1270. The summed E-state index contributed by atoms with van der Waals surface area (Å²) in [7, 11) is 0. The van der Waals surface area contributed by atoms with Crippen LogP contribution in [-0.4, -0.2) is 28.6 Å². The van der Waals surface area contributed by atoms with E-state index in [1.54, 1.807) is 6.92 Å². The molecule has 176 valence electrons. The maximum absolute atomic E-state index is 11.6. The second-order valence-corrected chi connectivity index (χ2v) is 8.73. The molecule has 3 aromatic carbocycles. The van der Waals surface area contributed by atoms with Gasteiger partial charge in [-0.25, -0.2) is 4.98 Å². The molecular formula is C29H33N3O2. The number of imidazole rings is 1. The Morgan fingerprint density at radius 2 is 1.76 bits per heavy atom. The molecule has 4 rings (SSSR count). The Balaban J connectivity index is 1.29. The van der Waals surface area contributed by atoms with Crippen LogP contribution < -0.4 is 10.1 Å². The number of amides is 1. The number of rotatable bonds is 12. The molecule has 1 aromatic heterocycles. The van der Waals surface area contributed by atoms with Crippen molar-refractivity contribution < 1.29 is 9.53 Å². The second-order valence-electron chi connectivity index (χ2n) is 8.73. The Hall–Kier alpha value is -3.60. The van der Waals surface area contributed by atoms with Crippen LogP contribution in [0.3, 0.4) is 0 Å². The third-order valence-corrected chi connectivity index (χ3v) is 6.00. The Kier molecular flexibility index (Phi) is 7.97. The SMILES string of the molecule is C=C(C)C(=O)NCCCCCc1nc2ccccc2n1CCCOc1ccc2ccccc2c1. The number of nitrogens with zero attached hydrogens (tertiary/aromatic N) is 2. The molecule has 5 nitrogen and oxygen atoms in total. The van der Waals surface area contributed by atoms with Gasteiger partial charge in [0.05, 0.1) is 17.6 Å².